The summed E-state index contributed by atoms with van der Waals surface area (Å²) in [5.41, 5.74) is 1.55. The van der Waals surface area contributed by atoms with E-state index in [0.717, 1.165) is 22.7 Å². The van der Waals surface area contributed by atoms with E-state index in [4.69, 9.17) is 11.6 Å². The van der Waals surface area contributed by atoms with Crippen LogP contribution in [-0.2, 0) is 6.42 Å². The first-order valence-corrected chi connectivity index (χ1v) is 7.95. The number of hydrogen-bond acceptors (Lipinski definition) is 5. The summed E-state index contributed by atoms with van der Waals surface area (Å²) >= 11 is 7.43. The summed E-state index contributed by atoms with van der Waals surface area (Å²) in [5, 5.41) is 26.6. The molecule has 0 fully saturated rings. The van der Waals surface area contributed by atoms with Crippen molar-refractivity contribution >= 4 is 22.9 Å². The maximum Gasteiger partial charge on any atom is 0.158 e. The van der Waals surface area contributed by atoms with Gasteiger partial charge in [0, 0.05) is 23.6 Å². The van der Waals surface area contributed by atoms with Crippen LogP contribution in [0.15, 0.2) is 36.0 Å². The Morgan fingerprint density at radius 3 is 2.82 bits per heavy atom. The molecular formula is C15H14ClN3O2S. The van der Waals surface area contributed by atoms with Crippen molar-refractivity contribution in [2.45, 2.75) is 19.4 Å². The number of aromatic nitrogens is 3. The molecule has 0 radical (unpaired) electrons. The number of aromatic hydroxyl groups is 2. The quantitative estimate of drug-likeness (QED) is 0.710. The zero-order valence-electron chi connectivity index (χ0n) is 11.8. The summed E-state index contributed by atoms with van der Waals surface area (Å²) in [7, 11) is 0. The van der Waals surface area contributed by atoms with Crippen LogP contribution in [0.4, 0.5) is 0 Å². The number of halogens is 1. The highest BCUT2D eigenvalue weighted by molar-refractivity contribution is 7.09. The maximum absolute atomic E-state index is 9.57. The van der Waals surface area contributed by atoms with Crippen LogP contribution in [0.2, 0.25) is 5.02 Å². The molecule has 7 heteroatoms. The van der Waals surface area contributed by atoms with Crippen LogP contribution in [0.25, 0.3) is 11.3 Å². The molecule has 2 heterocycles. The van der Waals surface area contributed by atoms with Crippen molar-refractivity contribution in [3.63, 3.8) is 0 Å². The molecule has 0 aliphatic rings. The minimum atomic E-state index is -0.147. The molecule has 0 spiro atoms. The van der Waals surface area contributed by atoms with Crippen LogP contribution in [-0.4, -0.2) is 25.0 Å². The summed E-state index contributed by atoms with van der Waals surface area (Å²) in [5.74, 6) is -0.282. The lowest BCUT2D eigenvalue weighted by Gasteiger charge is -2.09. The zero-order chi connectivity index (χ0) is 15.7. The van der Waals surface area contributed by atoms with Gasteiger partial charge < -0.3 is 10.2 Å². The Bertz CT molecular complexity index is 800. The summed E-state index contributed by atoms with van der Waals surface area (Å²) in [6.45, 7) is 2.05. The SMILES string of the molecule is C[C@@H](Cc1nc(-c2ccc(O)c(O)c2)cs1)n1cc(Cl)cn1. The van der Waals surface area contributed by atoms with Gasteiger partial charge in [-0.25, -0.2) is 4.98 Å². The van der Waals surface area contributed by atoms with E-state index in [9.17, 15) is 10.2 Å². The third-order valence-corrected chi connectivity index (χ3v) is 4.38. The average Bonchev–Trinajstić information content (AvgIpc) is 3.11. The molecule has 0 amide bonds. The number of benzene rings is 1. The summed E-state index contributed by atoms with van der Waals surface area (Å²) < 4.78 is 1.82. The Morgan fingerprint density at radius 2 is 2.14 bits per heavy atom. The predicted molar refractivity (Wildman–Crippen MR) is 86.5 cm³/mol. The topological polar surface area (TPSA) is 71.2 Å². The molecule has 3 rings (SSSR count). The van der Waals surface area contributed by atoms with Gasteiger partial charge in [-0.05, 0) is 25.1 Å². The molecule has 0 saturated heterocycles. The number of nitrogens with zero attached hydrogens (tertiary/aromatic N) is 3. The van der Waals surface area contributed by atoms with E-state index in [2.05, 4.69) is 17.0 Å². The largest absolute Gasteiger partial charge is 0.504 e. The van der Waals surface area contributed by atoms with Crippen molar-refractivity contribution in [1.82, 2.24) is 14.8 Å². The molecule has 22 heavy (non-hydrogen) atoms. The smallest absolute Gasteiger partial charge is 0.158 e. The van der Waals surface area contributed by atoms with Gasteiger partial charge in [-0.2, -0.15) is 5.10 Å². The number of hydrogen-bond donors (Lipinski definition) is 2. The Kier molecular flexibility index (Phi) is 4.04. The molecule has 5 nitrogen and oxygen atoms in total. The highest BCUT2D eigenvalue weighted by Gasteiger charge is 2.12. The summed E-state index contributed by atoms with van der Waals surface area (Å²) in [6, 6.07) is 4.84. The van der Waals surface area contributed by atoms with E-state index in [1.165, 1.54) is 12.1 Å². The van der Waals surface area contributed by atoms with Gasteiger partial charge in [0.25, 0.3) is 0 Å². The van der Waals surface area contributed by atoms with Gasteiger partial charge in [0.2, 0.25) is 0 Å². The standard InChI is InChI=1S/C15H14ClN3O2S/c1-9(19-7-11(16)6-17-19)4-15-18-12(8-22-15)10-2-3-13(20)14(21)5-10/h2-3,5-9,20-21H,4H2,1H3/t9-/m0/s1. The Balaban J connectivity index is 1.77. The lowest BCUT2D eigenvalue weighted by Crippen LogP contribution is -2.08. The maximum atomic E-state index is 9.57. The van der Waals surface area contributed by atoms with Gasteiger partial charge >= 0.3 is 0 Å². The van der Waals surface area contributed by atoms with Crippen molar-refractivity contribution in [2.24, 2.45) is 0 Å². The van der Waals surface area contributed by atoms with E-state index in [0.29, 0.717) is 5.02 Å². The van der Waals surface area contributed by atoms with Crippen molar-refractivity contribution < 1.29 is 10.2 Å². The first-order chi connectivity index (χ1) is 10.5. The van der Waals surface area contributed by atoms with Crippen LogP contribution < -0.4 is 0 Å². The van der Waals surface area contributed by atoms with Gasteiger partial charge in [0.1, 0.15) is 0 Å². The minimum Gasteiger partial charge on any atom is -0.504 e. The van der Waals surface area contributed by atoms with Crippen LogP contribution >= 0.6 is 22.9 Å². The van der Waals surface area contributed by atoms with E-state index < -0.39 is 0 Å². The lowest BCUT2D eigenvalue weighted by atomic mass is 10.1. The molecule has 0 unspecified atom stereocenters. The zero-order valence-corrected chi connectivity index (χ0v) is 13.3. The molecule has 114 valence electrons. The molecule has 2 aromatic heterocycles. The number of thiazole rings is 1. The van der Waals surface area contributed by atoms with Gasteiger partial charge in [-0.3, -0.25) is 4.68 Å². The molecule has 0 bridgehead atoms. The van der Waals surface area contributed by atoms with Crippen molar-refractivity contribution in [2.75, 3.05) is 0 Å². The van der Waals surface area contributed by atoms with Crippen LogP contribution in [0.5, 0.6) is 11.5 Å². The second-order valence-electron chi connectivity index (χ2n) is 5.02. The molecule has 0 aliphatic heterocycles. The van der Waals surface area contributed by atoms with Gasteiger partial charge in [0.15, 0.2) is 11.5 Å². The van der Waals surface area contributed by atoms with Gasteiger partial charge in [0.05, 0.1) is 28.0 Å². The fourth-order valence-corrected chi connectivity index (χ4v) is 3.19. The molecule has 3 aromatic rings. The Hall–Kier alpha value is -2.05. The van der Waals surface area contributed by atoms with E-state index in [-0.39, 0.29) is 17.5 Å². The van der Waals surface area contributed by atoms with E-state index in [1.807, 2.05) is 10.1 Å². The number of rotatable bonds is 4. The molecule has 0 aliphatic carbocycles. The first-order valence-electron chi connectivity index (χ1n) is 6.69. The van der Waals surface area contributed by atoms with Crippen molar-refractivity contribution in [3.8, 4) is 22.8 Å². The lowest BCUT2D eigenvalue weighted by molar-refractivity contribution is 0.404. The number of phenolic OH excluding ortho intramolecular Hbond substituents is 2. The summed E-state index contributed by atoms with van der Waals surface area (Å²) in [6.07, 6.45) is 4.15. The van der Waals surface area contributed by atoms with Gasteiger partial charge in [-0.15, -0.1) is 11.3 Å². The summed E-state index contributed by atoms with van der Waals surface area (Å²) in [4.78, 5) is 4.58. The number of phenols is 2. The monoisotopic (exact) mass is 335 g/mol. The highest BCUT2D eigenvalue weighted by atomic mass is 35.5. The predicted octanol–water partition coefficient (Wildman–Crippen LogP) is 3.87. The second kappa shape index (κ2) is 5.98. The minimum absolute atomic E-state index is 0.136. The molecule has 1 atom stereocenters. The molecule has 1 aromatic carbocycles. The fraction of sp³-hybridized carbons (Fsp3) is 0.200. The normalized spacial score (nSPS) is 12.5. The third kappa shape index (κ3) is 3.08. The highest BCUT2D eigenvalue weighted by Crippen LogP contribution is 2.31. The third-order valence-electron chi connectivity index (χ3n) is 3.31. The first kappa shape index (κ1) is 14.9. The van der Waals surface area contributed by atoms with E-state index >= 15 is 0 Å². The van der Waals surface area contributed by atoms with Crippen LogP contribution in [0.3, 0.4) is 0 Å². The van der Waals surface area contributed by atoms with Crippen molar-refractivity contribution in [3.05, 3.63) is 46.0 Å². The van der Waals surface area contributed by atoms with Crippen LogP contribution in [0, 0.1) is 0 Å². The van der Waals surface area contributed by atoms with Crippen LogP contribution in [0.1, 0.15) is 18.0 Å². The average molecular weight is 336 g/mol. The van der Waals surface area contributed by atoms with E-state index in [1.54, 1.807) is 29.8 Å². The molecule has 0 saturated carbocycles. The molecule has 2 N–H and O–H groups in total. The Labute approximate surface area is 136 Å². The second-order valence-corrected chi connectivity index (χ2v) is 6.40. The molecular weight excluding hydrogens is 322 g/mol. The fourth-order valence-electron chi connectivity index (χ4n) is 2.12. The van der Waals surface area contributed by atoms with Crippen molar-refractivity contribution in [1.29, 1.82) is 0 Å². The Morgan fingerprint density at radius 1 is 1.32 bits per heavy atom. The van der Waals surface area contributed by atoms with Gasteiger partial charge in [-0.1, -0.05) is 11.6 Å².